The lowest BCUT2D eigenvalue weighted by Gasteiger charge is -2.39. The van der Waals surface area contributed by atoms with Crippen molar-refractivity contribution in [2.45, 2.75) is 39.0 Å². The predicted octanol–water partition coefficient (Wildman–Crippen LogP) is 3.29. The molecule has 2 nitrogen and oxygen atoms in total. The van der Waals surface area contributed by atoms with Crippen molar-refractivity contribution < 1.29 is 0 Å². The Morgan fingerprint density at radius 2 is 1.85 bits per heavy atom. The third-order valence-corrected chi connectivity index (χ3v) is 4.68. The monoisotopic (exact) mass is 274 g/mol. The van der Waals surface area contributed by atoms with Crippen LogP contribution in [0, 0.1) is 5.92 Å². The first-order chi connectivity index (χ1) is 9.64. The molecule has 112 valence electrons. The van der Waals surface area contributed by atoms with E-state index in [1.165, 1.54) is 31.5 Å². The molecule has 0 bridgehead atoms. The third-order valence-electron chi connectivity index (χ3n) is 4.68. The van der Waals surface area contributed by atoms with Crippen molar-refractivity contribution in [2.75, 3.05) is 32.7 Å². The van der Waals surface area contributed by atoms with E-state index in [9.17, 15) is 0 Å². The summed E-state index contributed by atoms with van der Waals surface area (Å²) in [5.41, 5.74) is 1.66. The number of hydrogen-bond acceptors (Lipinski definition) is 2. The van der Waals surface area contributed by atoms with Gasteiger partial charge in [0, 0.05) is 18.5 Å². The van der Waals surface area contributed by atoms with Crippen LogP contribution in [0.5, 0.6) is 0 Å². The maximum absolute atomic E-state index is 3.56. The zero-order valence-electron chi connectivity index (χ0n) is 13.4. The largest absolute Gasteiger partial charge is 0.316 e. The van der Waals surface area contributed by atoms with E-state index < -0.39 is 0 Å². The molecule has 1 aliphatic rings. The highest BCUT2D eigenvalue weighted by Gasteiger charge is 2.30. The first kappa shape index (κ1) is 15.5. The van der Waals surface area contributed by atoms with Crippen LogP contribution in [0.25, 0.3) is 0 Å². The first-order valence-corrected chi connectivity index (χ1v) is 8.12. The summed E-state index contributed by atoms with van der Waals surface area (Å²) in [5, 5.41) is 3.56. The average molecular weight is 274 g/mol. The molecule has 1 N–H and O–H groups in total. The lowest BCUT2D eigenvalue weighted by molar-refractivity contribution is 0.155. The summed E-state index contributed by atoms with van der Waals surface area (Å²) >= 11 is 0. The van der Waals surface area contributed by atoms with Crippen LogP contribution in [0.15, 0.2) is 30.3 Å². The number of likely N-dealkylation sites (tertiary alicyclic amines) is 1. The number of likely N-dealkylation sites (N-methyl/N-ethyl adjacent to an activating group) is 1. The normalized spacial score (nSPS) is 20.8. The lowest BCUT2D eigenvalue weighted by Crippen LogP contribution is -2.47. The van der Waals surface area contributed by atoms with E-state index in [1.807, 2.05) is 0 Å². The van der Waals surface area contributed by atoms with Crippen LogP contribution in [0.3, 0.4) is 0 Å². The summed E-state index contributed by atoms with van der Waals surface area (Å²) in [4.78, 5) is 2.66. The van der Waals surface area contributed by atoms with Crippen molar-refractivity contribution >= 4 is 0 Å². The van der Waals surface area contributed by atoms with E-state index in [0.29, 0.717) is 0 Å². The van der Waals surface area contributed by atoms with Gasteiger partial charge in [0.15, 0.2) is 0 Å². The fourth-order valence-electron chi connectivity index (χ4n) is 3.20. The zero-order valence-corrected chi connectivity index (χ0v) is 13.4. The Kier molecular flexibility index (Phi) is 5.62. The molecule has 1 unspecified atom stereocenters. The smallest absolute Gasteiger partial charge is 0.0177 e. The molecule has 2 rings (SSSR count). The van der Waals surface area contributed by atoms with Gasteiger partial charge in [0.05, 0.1) is 0 Å². The van der Waals surface area contributed by atoms with Gasteiger partial charge in [-0.1, -0.05) is 51.1 Å². The van der Waals surface area contributed by atoms with E-state index >= 15 is 0 Å². The highest BCUT2D eigenvalue weighted by atomic mass is 15.1. The molecule has 1 heterocycles. The molecule has 1 atom stereocenters. The Labute approximate surface area is 124 Å². The second-order valence-corrected chi connectivity index (χ2v) is 6.67. The van der Waals surface area contributed by atoms with E-state index in [4.69, 9.17) is 0 Å². The molecule has 0 aliphatic carbocycles. The predicted molar refractivity (Wildman–Crippen MR) is 87.2 cm³/mol. The van der Waals surface area contributed by atoms with E-state index in [2.05, 4.69) is 61.3 Å². The van der Waals surface area contributed by atoms with Crippen molar-refractivity contribution in [2.24, 2.45) is 5.92 Å². The van der Waals surface area contributed by atoms with Gasteiger partial charge >= 0.3 is 0 Å². The molecule has 1 saturated heterocycles. The summed E-state index contributed by atoms with van der Waals surface area (Å²) < 4.78 is 0. The summed E-state index contributed by atoms with van der Waals surface area (Å²) in [5.74, 6) is 0.906. The number of rotatable bonds is 6. The fourth-order valence-corrected chi connectivity index (χ4v) is 3.20. The third kappa shape index (κ3) is 4.07. The number of nitrogens with zero attached hydrogens (tertiary/aromatic N) is 1. The molecule has 1 fully saturated rings. The quantitative estimate of drug-likeness (QED) is 0.856. The molecule has 0 aromatic heterocycles. The zero-order chi connectivity index (χ0) is 14.4. The number of piperidine rings is 1. The average Bonchev–Trinajstić information content (AvgIpc) is 2.48. The van der Waals surface area contributed by atoms with Gasteiger partial charge in [-0.3, -0.25) is 0 Å². The van der Waals surface area contributed by atoms with Crippen LogP contribution in [-0.4, -0.2) is 37.6 Å². The Morgan fingerprint density at radius 3 is 2.45 bits per heavy atom. The summed E-state index contributed by atoms with van der Waals surface area (Å²) in [7, 11) is 0. The molecule has 0 saturated carbocycles. The van der Waals surface area contributed by atoms with Gasteiger partial charge in [-0.05, 0) is 44.0 Å². The van der Waals surface area contributed by atoms with Crippen LogP contribution in [0.1, 0.15) is 39.2 Å². The molecular weight excluding hydrogens is 244 g/mol. The minimum Gasteiger partial charge on any atom is -0.316 e. The van der Waals surface area contributed by atoms with Crippen LogP contribution < -0.4 is 5.32 Å². The highest BCUT2D eigenvalue weighted by molar-refractivity contribution is 5.25. The van der Waals surface area contributed by atoms with Crippen molar-refractivity contribution in [3.8, 4) is 0 Å². The van der Waals surface area contributed by atoms with Crippen molar-refractivity contribution in [1.29, 1.82) is 0 Å². The highest BCUT2D eigenvalue weighted by Crippen LogP contribution is 2.26. The second kappa shape index (κ2) is 7.24. The minimum absolute atomic E-state index is 0.206. The topological polar surface area (TPSA) is 15.3 Å². The van der Waals surface area contributed by atoms with Gasteiger partial charge in [-0.25, -0.2) is 0 Å². The number of benzene rings is 1. The molecule has 0 amide bonds. The molecule has 1 aromatic carbocycles. The van der Waals surface area contributed by atoms with Crippen LogP contribution in [0.2, 0.25) is 0 Å². The van der Waals surface area contributed by atoms with Crippen molar-refractivity contribution in [3.63, 3.8) is 0 Å². The summed E-state index contributed by atoms with van der Waals surface area (Å²) in [6.07, 6.45) is 2.71. The standard InChI is InChI=1S/C18H30N2/c1-4-19-14-18(3,17-8-6-5-7-9-17)15-20-12-10-16(2)11-13-20/h5-9,16,19H,4,10-15H2,1-3H3. The Morgan fingerprint density at radius 1 is 1.20 bits per heavy atom. The molecule has 0 radical (unpaired) electrons. The van der Waals surface area contributed by atoms with Crippen LogP contribution in [-0.2, 0) is 5.41 Å². The van der Waals surface area contributed by atoms with Crippen molar-refractivity contribution in [3.05, 3.63) is 35.9 Å². The number of nitrogens with one attached hydrogen (secondary N) is 1. The van der Waals surface area contributed by atoms with Crippen molar-refractivity contribution in [1.82, 2.24) is 10.2 Å². The van der Waals surface area contributed by atoms with E-state index in [1.54, 1.807) is 0 Å². The summed E-state index contributed by atoms with van der Waals surface area (Å²) in [6, 6.07) is 11.0. The minimum atomic E-state index is 0.206. The summed E-state index contributed by atoms with van der Waals surface area (Å²) in [6.45, 7) is 12.8. The van der Waals surface area contributed by atoms with Gasteiger partial charge in [-0.15, -0.1) is 0 Å². The van der Waals surface area contributed by atoms with Crippen LogP contribution in [0.4, 0.5) is 0 Å². The molecule has 2 heteroatoms. The Balaban J connectivity index is 2.07. The van der Waals surface area contributed by atoms with Gasteiger partial charge < -0.3 is 10.2 Å². The van der Waals surface area contributed by atoms with Gasteiger partial charge in [-0.2, -0.15) is 0 Å². The molecule has 0 spiro atoms. The molecule has 1 aliphatic heterocycles. The molecule has 20 heavy (non-hydrogen) atoms. The Bertz CT molecular complexity index is 382. The lowest BCUT2D eigenvalue weighted by atomic mass is 9.81. The van der Waals surface area contributed by atoms with Gasteiger partial charge in [0.2, 0.25) is 0 Å². The molecular formula is C18H30N2. The van der Waals surface area contributed by atoms with Gasteiger partial charge in [0.1, 0.15) is 0 Å². The number of hydrogen-bond donors (Lipinski definition) is 1. The Hall–Kier alpha value is -0.860. The van der Waals surface area contributed by atoms with E-state index in [-0.39, 0.29) is 5.41 Å². The van der Waals surface area contributed by atoms with Crippen LogP contribution >= 0.6 is 0 Å². The van der Waals surface area contributed by atoms with E-state index in [0.717, 1.165) is 25.6 Å². The fraction of sp³-hybridized carbons (Fsp3) is 0.667. The van der Waals surface area contributed by atoms with Gasteiger partial charge in [0.25, 0.3) is 0 Å². The SMILES string of the molecule is CCNCC(C)(CN1CCC(C)CC1)c1ccccc1. The second-order valence-electron chi connectivity index (χ2n) is 6.67. The maximum atomic E-state index is 3.56. The molecule has 1 aromatic rings. The first-order valence-electron chi connectivity index (χ1n) is 8.12. The maximum Gasteiger partial charge on any atom is 0.0177 e.